The molecule has 3 rings (SSSR count). The summed E-state index contributed by atoms with van der Waals surface area (Å²) in [4.78, 5) is 7.34. The van der Waals surface area contributed by atoms with Crippen LogP contribution in [0.3, 0.4) is 0 Å². The molecule has 164 valence electrons. The van der Waals surface area contributed by atoms with E-state index in [0.717, 1.165) is 62.4 Å². The molecule has 7 heteroatoms. The number of nitrogens with zero attached hydrogens (tertiary/aromatic N) is 4. The van der Waals surface area contributed by atoms with E-state index in [4.69, 9.17) is 14.8 Å². The molecule has 0 unspecified atom stereocenters. The number of ether oxygens (including phenoxy) is 1. The first kappa shape index (κ1) is 22.3. The highest BCUT2D eigenvalue weighted by atomic mass is 16.5. The van der Waals surface area contributed by atoms with Gasteiger partial charge >= 0.3 is 0 Å². The molecule has 0 spiro atoms. The largest absolute Gasteiger partial charge is 0.379 e. The highest BCUT2D eigenvalue weighted by Gasteiger charge is 2.28. The molecule has 2 aromatic rings. The molecular formula is C23H36N6O. The molecule has 1 saturated heterocycles. The Morgan fingerprint density at radius 2 is 1.83 bits per heavy atom. The van der Waals surface area contributed by atoms with Crippen molar-refractivity contribution in [2.75, 3.05) is 39.4 Å². The van der Waals surface area contributed by atoms with Crippen LogP contribution < -0.4 is 10.6 Å². The summed E-state index contributed by atoms with van der Waals surface area (Å²) in [7, 11) is 0. The van der Waals surface area contributed by atoms with E-state index in [0.29, 0.717) is 6.54 Å². The van der Waals surface area contributed by atoms with Crippen LogP contribution in [0.5, 0.6) is 0 Å². The van der Waals surface area contributed by atoms with Crippen molar-refractivity contribution in [3.63, 3.8) is 0 Å². The number of aryl methyl sites for hydroxylation is 1. The van der Waals surface area contributed by atoms with Crippen LogP contribution in [0, 0.1) is 13.8 Å². The molecular weight excluding hydrogens is 376 g/mol. The van der Waals surface area contributed by atoms with E-state index in [9.17, 15) is 0 Å². The summed E-state index contributed by atoms with van der Waals surface area (Å²) in [6.07, 6.45) is 0. The first-order valence-corrected chi connectivity index (χ1v) is 10.9. The summed E-state index contributed by atoms with van der Waals surface area (Å²) >= 11 is 0. The molecule has 2 heterocycles. The molecule has 1 aromatic carbocycles. The fourth-order valence-electron chi connectivity index (χ4n) is 3.80. The number of aromatic nitrogens is 2. The molecule has 1 aliphatic heterocycles. The molecule has 0 saturated carbocycles. The lowest BCUT2D eigenvalue weighted by molar-refractivity contribution is -0.00834. The maximum absolute atomic E-state index is 5.50. The van der Waals surface area contributed by atoms with Gasteiger partial charge in [-0.05, 0) is 46.8 Å². The van der Waals surface area contributed by atoms with Crippen molar-refractivity contribution >= 4 is 5.96 Å². The number of guanidine groups is 1. The summed E-state index contributed by atoms with van der Waals surface area (Å²) in [5, 5.41) is 11.6. The summed E-state index contributed by atoms with van der Waals surface area (Å²) in [5.41, 5.74) is 4.43. The van der Waals surface area contributed by atoms with Crippen LogP contribution >= 0.6 is 0 Å². The third-order valence-electron chi connectivity index (χ3n) is 5.74. The topological polar surface area (TPSA) is 66.7 Å². The number of hydrogen-bond donors (Lipinski definition) is 2. The molecule has 7 nitrogen and oxygen atoms in total. The summed E-state index contributed by atoms with van der Waals surface area (Å²) < 4.78 is 7.50. The second-order valence-electron chi connectivity index (χ2n) is 8.36. The van der Waals surface area contributed by atoms with Gasteiger partial charge in [-0.15, -0.1) is 0 Å². The summed E-state index contributed by atoms with van der Waals surface area (Å²) in [5.74, 6) is 0.838. The molecule has 0 radical (unpaired) electrons. The van der Waals surface area contributed by atoms with Gasteiger partial charge in [0.15, 0.2) is 5.96 Å². The van der Waals surface area contributed by atoms with E-state index in [1.165, 1.54) is 5.56 Å². The van der Waals surface area contributed by atoms with Crippen LogP contribution in [0.1, 0.15) is 37.7 Å². The van der Waals surface area contributed by atoms with Crippen LogP contribution in [-0.4, -0.2) is 65.6 Å². The number of aliphatic imine (C=N–C) groups is 1. The Bertz CT molecular complexity index is 837. The van der Waals surface area contributed by atoms with Gasteiger partial charge in [0.2, 0.25) is 0 Å². The smallest absolute Gasteiger partial charge is 0.191 e. The van der Waals surface area contributed by atoms with Crippen LogP contribution in [0.2, 0.25) is 0 Å². The van der Waals surface area contributed by atoms with Crippen molar-refractivity contribution in [3.05, 3.63) is 47.3 Å². The Morgan fingerprint density at radius 1 is 1.13 bits per heavy atom. The van der Waals surface area contributed by atoms with Crippen molar-refractivity contribution in [1.82, 2.24) is 25.3 Å². The lowest BCUT2D eigenvalue weighted by Gasteiger charge is -2.41. The van der Waals surface area contributed by atoms with Gasteiger partial charge in [-0.3, -0.25) is 4.90 Å². The maximum Gasteiger partial charge on any atom is 0.191 e. The first-order chi connectivity index (χ1) is 14.4. The average Bonchev–Trinajstić information content (AvgIpc) is 3.05. The van der Waals surface area contributed by atoms with E-state index in [2.05, 4.69) is 62.3 Å². The fourth-order valence-corrected chi connectivity index (χ4v) is 3.80. The van der Waals surface area contributed by atoms with Gasteiger partial charge in [0, 0.05) is 43.0 Å². The molecule has 1 aromatic heterocycles. The monoisotopic (exact) mass is 412 g/mol. The van der Waals surface area contributed by atoms with E-state index in [1.807, 2.05) is 22.9 Å². The number of morpholine rings is 1. The third kappa shape index (κ3) is 5.40. The molecule has 1 fully saturated rings. The molecule has 0 atom stereocenters. The van der Waals surface area contributed by atoms with Crippen molar-refractivity contribution in [1.29, 1.82) is 0 Å². The zero-order valence-electron chi connectivity index (χ0n) is 19.0. The first-order valence-electron chi connectivity index (χ1n) is 10.9. The van der Waals surface area contributed by atoms with Crippen LogP contribution in [0.4, 0.5) is 0 Å². The Labute approximate surface area is 180 Å². The normalized spacial score (nSPS) is 16.0. The van der Waals surface area contributed by atoms with Crippen molar-refractivity contribution in [2.45, 2.75) is 46.7 Å². The van der Waals surface area contributed by atoms with Crippen molar-refractivity contribution in [3.8, 4) is 5.69 Å². The number of hydrogen-bond acceptors (Lipinski definition) is 4. The van der Waals surface area contributed by atoms with E-state index in [-0.39, 0.29) is 5.54 Å². The van der Waals surface area contributed by atoms with Gasteiger partial charge < -0.3 is 15.4 Å². The number of benzene rings is 1. The Hall–Kier alpha value is -2.38. The minimum absolute atomic E-state index is 0.0317. The van der Waals surface area contributed by atoms with E-state index < -0.39 is 0 Å². The van der Waals surface area contributed by atoms with Crippen molar-refractivity contribution in [2.24, 2.45) is 4.99 Å². The quantitative estimate of drug-likeness (QED) is 0.541. The predicted octanol–water partition coefficient (Wildman–Crippen LogP) is 2.66. The van der Waals surface area contributed by atoms with Crippen LogP contribution in [0.15, 0.2) is 35.3 Å². The number of nitrogens with one attached hydrogen (secondary N) is 2. The molecule has 0 amide bonds. The zero-order chi connectivity index (χ0) is 21.6. The zero-order valence-corrected chi connectivity index (χ0v) is 19.0. The minimum atomic E-state index is 0.0317. The summed E-state index contributed by atoms with van der Waals surface area (Å²) in [6.45, 7) is 16.6. The minimum Gasteiger partial charge on any atom is -0.379 e. The third-order valence-corrected chi connectivity index (χ3v) is 5.74. The predicted molar refractivity (Wildman–Crippen MR) is 122 cm³/mol. The van der Waals surface area contributed by atoms with Gasteiger partial charge in [0.1, 0.15) is 0 Å². The van der Waals surface area contributed by atoms with Gasteiger partial charge in [0.25, 0.3) is 0 Å². The fraction of sp³-hybridized carbons (Fsp3) is 0.565. The second kappa shape index (κ2) is 10.1. The van der Waals surface area contributed by atoms with Crippen molar-refractivity contribution < 1.29 is 4.74 Å². The molecule has 30 heavy (non-hydrogen) atoms. The molecule has 1 aliphatic rings. The number of rotatable bonds is 7. The van der Waals surface area contributed by atoms with Crippen LogP contribution in [0.25, 0.3) is 5.69 Å². The average molecular weight is 413 g/mol. The SMILES string of the molecule is CCNC(=NCc1c(C)nn(-c2ccccc2)c1C)NCC(C)(C)N1CCOCC1. The maximum atomic E-state index is 5.50. The Kier molecular flexibility index (Phi) is 7.50. The molecule has 0 bridgehead atoms. The molecule has 0 aliphatic carbocycles. The lowest BCUT2D eigenvalue weighted by Crippen LogP contribution is -2.56. The molecule has 2 N–H and O–H groups in total. The highest BCUT2D eigenvalue weighted by Crippen LogP contribution is 2.19. The van der Waals surface area contributed by atoms with Crippen LogP contribution in [-0.2, 0) is 11.3 Å². The standard InChI is InChI=1S/C23H36N6O/c1-6-24-22(26-17-23(4,5)28-12-14-30-15-13-28)25-16-21-18(2)27-29(19(21)3)20-10-8-7-9-11-20/h7-11H,6,12-17H2,1-5H3,(H2,24,25,26). The van der Waals surface area contributed by atoms with Gasteiger partial charge in [-0.25, -0.2) is 9.67 Å². The van der Waals surface area contributed by atoms with Gasteiger partial charge in [0.05, 0.1) is 31.1 Å². The van der Waals surface area contributed by atoms with Gasteiger partial charge in [-0.2, -0.15) is 5.10 Å². The number of para-hydroxylation sites is 1. The van der Waals surface area contributed by atoms with E-state index in [1.54, 1.807) is 0 Å². The van der Waals surface area contributed by atoms with Gasteiger partial charge in [-0.1, -0.05) is 18.2 Å². The Balaban J connectivity index is 1.70. The Morgan fingerprint density at radius 3 is 2.50 bits per heavy atom. The lowest BCUT2D eigenvalue weighted by atomic mass is 10.0. The van der Waals surface area contributed by atoms with E-state index >= 15 is 0 Å². The summed E-state index contributed by atoms with van der Waals surface area (Å²) in [6, 6.07) is 10.2. The highest BCUT2D eigenvalue weighted by molar-refractivity contribution is 5.79. The second-order valence-corrected chi connectivity index (χ2v) is 8.36.